The van der Waals surface area contributed by atoms with Crippen molar-refractivity contribution >= 4 is 22.6 Å². The Kier molecular flexibility index (Phi) is 3.13. The minimum Gasteiger partial charge on any atom is -0.376 e. The van der Waals surface area contributed by atoms with Gasteiger partial charge >= 0.3 is 6.18 Å². The van der Waals surface area contributed by atoms with Gasteiger partial charge in [0.05, 0.1) is 5.92 Å². The summed E-state index contributed by atoms with van der Waals surface area (Å²) in [6.07, 6.45) is -4.49. The molecule has 1 heterocycles. The van der Waals surface area contributed by atoms with Crippen LogP contribution in [0.25, 0.3) is 0 Å². The van der Waals surface area contributed by atoms with Crippen LogP contribution >= 0.6 is 22.6 Å². The van der Waals surface area contributed by atoms with Crippen molar-refractivity contribution in [2.24, 2.45) is 11.8 Å². The Morgan fingerprint density at radius 3 is 2.56 bits per heavy atom. The fraction of sp³-hybridized carbons (Fsp3) is 0.800. The fourth-order valence-electron chi connectivity index (χ4n) is 2.61. The third-order valence-corrected chi connectivity index (χ3v) is 4.58. The third kappa shape index (κ3) is 2.04. The molecule has 92 valence electrons. The van der Waals surface area contributed by atoms with E-state index in [0.717, 1.165) is 3.58 Å². The molecule has 4 atom stereocenters. The van der Waals surface area contributed by atoms with E-state index in [2.05, 4.69) is 22.6 Å². The lowest BCUT2D eigenvalue weighted by Gasteiger charge is -2.38. The van der Waals surface area contributed by atoms with Crippen molar-refractivity contribution in [1.29, 1.82) is 0 Å². The number of fused-ring (bicyclic) bond motifs is 1. The molecule has 4 unspecified atom stereocenters. The lowest BCUT2D eigenvalue weighted by Crippen LogP contribution is -2.45. The Morgan fingerprint density at radius 2 is 2.00 bits per heavy atom. The molecule has 0 radical (unpaired) electrons. The van der Waals surface area contributed by atoms with Gasteiger partial charge in [-0.15, -0.1) is 0 Å². The van der Waals surface area contributed by atoms with Gasteiger partial charge in [0.25, 0.3) is 0 Å². The van der Waals surface area contributed by atoms with Crippen molar-refractivity contribution < 1.29 is 17.6 Å². The average Bonchev–Trinajstić information content (AvgIpc) is 2.39. The van der Waals surface area contributed by atoms with Gasteiger partial charge in [0.2, 0.25) is 0 Å². The third-order valence-electron chi connectivity index (χ3n) is 3.50. The van der Waals surface area contributed by atoms with E-state index in [1.165, 1.54) is 0 Å². The zero-order chi connectivity index (χ0) is 12.1. The lowest BCUT2D eigenvalue weighted by atomic mass is 9.77. The second-order valence-corrected chi connectivity index (χ2v) is 5.73. The van der Waals surface area contributed by atoms with Gasteiger partial charge in [-0.25, -0.2) is 4.39 Å². The first-order chi connectivity index (χ1) is 7.30. The molecule has 0 saturated heterocycles. The fourth-order valence-corrected chi connectivity index (χ4v) is 3.72. The van der Waals surface area contributed by atoms with E-state index < -0.39 is 18.3 Å². The largest absolute Gasteiger partial charge is 0.394 e. The molecule has 6 heteroatoms. The molecule has 0 amide bonds. The van der Waals surface area contributed by atoms with Crippen LogP contribution in [-0.4, -0.2) is 30.3 Å². The SMILES string of the molecule is CN1C=C(I)C2CC(C(F)(F)F)C(F)CC21. The van der Waals surface area contributed by atoms with E-state index in [0.29, 0.717) is 0 Å². The lowest BCUT2D eigenvalue weighted by molar-refractivity contribution is -0.203. The molecule has 1 fully saturated rings. The average molecular weight is 349 g/mol. The number of halogens is 5. The standard InChI is InChI=1S/C10H12F4IN/c1-16-4-8(15)5-2-6(10(12,13)14)7(11)3-9(5)16/h4-7,9H,2-3H2,1H3. The van der Waals surface area contributed by atoms with E-state index in [-0.39, 0.29) is 24.8 Å². The molecule has 0 aromatic rings. The van der Waals surface area contributed by atoms with Gasteiger partial charge in [-0.05, 0) is 29.0 Å². The van der Waals surface area contributed by atoms with Gasteiger partial charge < -0.3 is 4.90 Å². The molecular formula is C10H12F4IN. The minimum atomic E-state index is -4.41. The van der Waals surface area contributed by atoms with Gasteiger partial charge in [0.15, 0.2) is 0 Å². The highest BCUT2D eigenvalue weighted by Gasteiger charge is 2.53. The molecule has 0 aromatic carbocycles. The molecule has 1 saturated carbocycles. The van der Waals surface area contributed by atoms with E-state index in [1.807, 2.05) is 11.1 Å². The second kappa shape index (κ2) is 4.03. The number of nitrogens with zero attached hydrogens (tertiary/aromatic N) is 1. The van der Waals surface area contributed by atoms with Crippen LogP contribution in [0.1, 0.15) is 12.8 Å². The normalized spacial score (nSPS) is 39.6. The summed E-state index contributed by atoms with van der Waals surface area (Å²) < 4.78 is 52.2. The van der Waals surface area contributed by atoms with Crippen LogP contribution in [0.15, 0.2) is 9.78 Å². The summed E-state index contributed by atoms with van der Waals surface area (Å²) in [7, 11) is 1.80. The molecule has 0 spiro atoms. The summed E-state index contributed by atoms with van der Waals surface area (Å²) in [5, 5.41) is 0. The Hall–Kier alpha value is -0.0100. The van der Waals surface area contributed by atoms with E-state index >= 15 is 0 Å². The molecule has 1 aliphatic heterocycles. The van der Waals surface area contributed by atoms with Crippen molar-refractivity contribution in [2.75, 3.05) is 7.05 Å². The summed E-state index contributed by atoms with van der Waals surface area (Å²) in [6, 6.07) is -0.0968. The Balaban J connectivity index is 2.17. The van der Waals surface area contributed by atoms with Crippen molar-refractivity contribution in [3.05, 3.63) is 9.78 Å². The Morgan fingerprint density at radius 1 is 1.38 bits per heavy atom. The van der Waals surface area contributed by atoms with Gasteiger partial charge in [0, 0.05) is 35.2 Å². The van der Waals surface area contributed by atoms with Gasteiger partial charge in [0.1, 0.15) is 6.17 Å². The molecule has 1 aliphatic carbocycles. The molecule has 0 N–H and O–H groups in total. The predicted molar refractivity (Wildman–Crippen MR) is 60.8 cm³/mol. The number of hydrogen-bond acceptors (Lipinski definition) is 1. The van der Waals surface area contributed by atoms with Gasteiger partial charge in [-0.1, -0.05) is 0 Å². The quantitative estimate of drug-likeness (QED) is 0.478. The molecule has 0 bridgehead atoms. The van der Waals surface area contributed by atoms with Crippen LogP contribution in [0.4, 0.5) is 17.6 Å². The predicted octanol–water partition coefficient (Wildman–Crippen LogP) is 3.50. The highest BCUT2D eigenvalue weighted by molar-refractivity contribution is 14.1. The molecule has 0 aromatic heterocycles. The zero-order valence-corrected chi connectivity index (χ0v) is 10.8. The van der Waals surface area contributed by atoms with Crippen LogP contribution in [-0.2, 0) is 0 Å². The van der Waals surface area contributed by atoms with E-state index in [9.17, 15) is 17.6 Å². The van der Waals surface area contributed by atoms with Crippen LogP contribution < -0.4 is 0 Å². The number of alkyl halides is 4. The summed E-state index contributed by atoms with van der Waals surface area (Å²) in [5.41, 5.74) is 0. The molecular weight excluding hydrogens is 337 g/mol. The van der Waals surface area contributed by atoms with Gasteiger partial charge in [-0.3, -0.25) is 0 Å². The van der Waals surface area contributed by atoms with Crippen LogP contribution in [0, 0.1) is 11.8 Å². The molecule has 2 aliphatic rings. The summed E-state index contributed by atoms with van der Waals surface area (Å²) in [6.45, 7) is 0. The van der Waals surface area contributed by atoms with Crippen molar-refractivity contribution in [2.45, 2.75) is 31.2 Å². The summed E-state index contributed by atoms with van der Waals surface area (Å²) >= 11 is 2.06. The maximum atomic E-state index is 13.5. The van der Waals surface area contributed by atoms with E-state index in [4.69, 9.17) is 0 Å². The molecule has 1 nitrogen and oxygen atoms in total. The Labute approximate surface area is 105 Å². The first kappa shape index (κ1) is 12.4. The van der Waals surface area contributed by atoms with Gasteiger partial charge in [-0.2, -0.15) is 13.2 Å². The highest BCUT2D eigenvalue weighted by Crippen LogP contribution is 2.48. The monoisotopic (exact) mass is 349 g/mol. The summed E-state index contributed by atoms with van der Waals surface area (Å²) in [4.78, 5) is 1.84. The van der Waals surface area contributed by atoms with Crippen LogP contribution in [0.2, 0.25) is 0 Å². The Bertz CT molecular complexity index is 314. The maximum Gasteiger partial charge on any atom is 0.394 e. The highest BCUT2D eigenvalue weighted by atomic mass is 127. The smallest absolute Gasteiger partial charge is 0.376 e. The molecule has 2 rings (SSSR count). The van der Waals surface area contributed by atoms with Crippen LogP contribution in [0.3, 0.4) is 0 Å². The first-order valence-electron chi connectivity index (χ1n) is 5.10. The maximum absolute atomic E-state index is 13.5. The number of hydrogen-bond donors (Lipinski definition) is 0. The summed E-state index contributed by atoms with van der Waals surface area (Å²) in [5.74, 6) is -1.94. The first-order valence-corrected chi connectivity index (χ1v) is 6.18. The second-order valence-electron chi connectivity index (χ2n) is 4.49. The topological polar surface area (TPSA) is 3.24 Å². The van der Waals surface area contributed by atoms with E-state index in [1.54, 1.807) is 7.05 Å². The molecule has 16 heavy (non-hydrogen) atoms. The van der Waals surface area contributed by atoms with Crippen molar-refractivity contribution in [3.8, 4) is 0 Å². The zero-order valence-electron chi connectivity index (χ0n) is 8.64. The van der Waals surface area contributed by atoms with Crippen LogP contribution in [0.5, 0.6) is 0 Å². The minimum absolute atomic E-state index is 0.0195. The van der Waals surface area contributed by atoms with Crippen molar-refractivity contribution in [1.82, 2.24) is 4.90 Å². The number of rotatable bonds is 0. The van der Waals surface area contributed by atoms with Crippen molar-refractivity contribution in [3.63, 3.8) is 0 Å².